The summed E-state index contributed by atoms with van der Waals surface area (Å²) in [6.07, 6.45) is 3.71. The van der Waals surface area contributed by atoms with Crippen molar-refractivity contribution in [3.8, 4) is 0 Å². The Labute approximate surface area is 131 Å². The number of anilines is 1. The molecule has 1 amide bonds. The van der Waals surface area contributed by atoms with Gasteiger partial charge in [0.15, 0.2) is 0 Å². The number of nitrogens with zero attached hydrogens (tertiary/aromatic N) is 4. The predicted octanol–water partition coefficient (Wildman–Crippen LogP) is 3.21. The van der Waals surface area contributed by atoms with Gasteiger partial charge in [0, 0.05) is 11.3 Å². The van der Waals surface area contributed by atoms with Crippen LogP contribution in [0.4, 0.5) is 5.82 Å². The van der Waals surface area contributed by atoms with E-state index >= 15 is 0 Å². The van der Waals surface area contributed by atoms with Crippen LogP contribution in [0, 0.1) is 20.8 Å². The molecule has 0 spiro atoms. The molecule has 2 aromatic heterocycles. The molecular formula is C16H23N5O. The second-order valence-corrected chi connectivity index (χ2v) is 5.49. The van der Waals surface area contributed by atoms with Crippen molar-refractivity contribution in [3.63, 3.8) is 0 Å². The molecule has 0 aromatic carbocycles. The van der Waals surface area contributed by atoms with E-state index in [1.807, 2.05) is 18.5 Å². The maximum absolute atomic E-state index is 12.5. The Balaban J connectivity index is 2.30. The van der Waals surface area contributed by atoms with Gasteiger partial charge in [0.25, 0.3) is 5.91 Å². The average molecular weight is 301 g/mol. The van der Waals surface area contributed by atoms with Crippen LogP contribution in [0.25, 0.3) is 0 Å². The van der Waals surface area contributed by atoms with Crippen molar-refractivity contribution in [2.45, 2.75) is 53.5 Å². The van der Waals surface area contributed by atoms with Gasteiger partial charge in [-0.05, 0) is 39.7 Å². The molecule has 0 aliphatic heterocycles. The van der Waals surface area contributed by atoms with E-state index < -0.39 is 0 Å². The van der Waals surface area contributed by atoms with Crippen LogP contribution < -0.4 is 5.32 Å². The second-order valence-electron chi connectivity index (χ2n) is 5.49. The van der Waals surface area contributed by atoms with Crippen LogP contribution in [-0.2, 0) is 0 Å². The summed E-state index contributed by atoms with van der Waals surface area (Å²) in [6, 6.07) is 1.97. The number of carbonyl (C=O) groups is 1. The number of hydrogen-bond donors (Lipinski definition) is 1. The van der Waals surface area contributed by atoms with Crippen LogP contribution in [0.1, 0.15) is 60.3 Å². The number of rotatable bonds is 5. The van der Waals surface area contributed by atoms with E-state index in [-0.39, 0.29) is 11.9 Å². The molecule has 0 saturated heterocycles. The van der Waals surface area contributed by atoms with Gasteiger partial charge in [-0.15, -0.1) is 0 Å². The third kappa shape index (κ3) is 3.32. The van der Waals surface area contributed by atoms with Crippen LogP contribution in [0.5, 0.6) is 0 Å². The highest BCUT2D eigenvalue weighted by Gasteiger charge is 2.18. The molecule has 6 nitrogen and oxygen atoms in total. The molecule has 2 heterocycles. The lowest BCUT2D eigenvalue weighted by Crippen LogP contribution is -2.20. The van der Waals surface area contributed by atoms with Gasteiger partial charge in [0.05, 0.1) is 12.2 Å². The number of amides is 1. The molecule has 118 valence electrons. The zero-order chi connectivity index (χ0) is 16.3. The lowest BCUT2D eigenvalue weighted by molar-refractivity contribution is 0.102. The normalized spacial score (nSPS) is 11.0. The quantitative estimate of drug-likeness (QED) is 0.920. The third-order valence-corrected chi connectivity index (χ3v) is 3.70. The van der Waals surface area contributed by atoms with Crippen LogP contribution in [-0.4, -0.2) is 25.7 Å². The van der Waals surface area contributed by atoms with Crippen molar-refractivity contribution in [3.05, 3.63) is 35.0 Å². The molecule has 0 radical (unpaired) electrons. The fraction of sp³-hybridized carbons (Fsp3) is 0.500. The van der Waals surface area contributed by atoms with Gasteiger partial charge >= 0.3 is 0 Å². The maximum atomic E-state index is 12.5. The first-order valence-corrected chi connectivity index (χ1v) is 7.64. The number of aromatic nitrogens is 4. The average Bonchev–Trinajstić information content (AvgIpc) is 2.81. The minimum atomic E-state index is -0.232. The molecule has 0 atom stereocenters. The standard InChI is InChI=1S/C16H23N5O/c1-6-13(7-2)21-15(10(3)9-17-21)20-16(22)14-8-11(4)18-12(5)19-14/h8-9,13H,6-7H2,1-5H3,(H,20,22). The summed E-state index contributed by atoms with van der Waals surface area (Å²) in [5.74, 6) is 1.10. The molecule has 22 heavy (non-hydrogen) atoms. The lowest BCUT2D eigenvalue weighted by Gasteiger charge is -2.17. The first kappa shape index (κ1) is 16.1. The largest absolute Gasteiger partial charge is 0.305 e. The van der Waals surface area contributed by atoms with Crippen LogP contribution >= 0.6 is 0 Å². The molecule has 2 rings (SSSR count). The van der Waals surface area contributed by atoms with Crippen molar-refractivity contribution < 1.29 is 4.79 Å². The topological polar surface area (TPSA) is 72.7 Å². The Hall–Kier alpha value is -2.24. The maximum Gasteiger partial charge on any atom is 0.275 e. The number of hydrogen-bond acceptors (Lipinski definition) is 4. The molecule has 0 bridgehead atoms. The Bertz CT molecular complexity index is 653. The Kier molecular flexibility index (Phi) is 4.90. The highest BCUT2D eigenvalue weighted by molar-refractivity contribution is 6.02. The van der Waals surface area contributed by atoms with E-state index in [1.165, 1.54) is 0 Å². The van der Waals surface area contributed by atoms with Crippen molar-refractivity contribution in [2.75, 3.05) is 5.32 Å². The van der Waals surface area contributed by atoms with Gasteiger partial charge < -0.3 is 5.32 Å². The first-order chi connectivity index (χ1) is 10.5. The van der Waals surface area contributed by atoms with Crippen molar-refractivity contribution in [1.29, 1.82) is 0 Å². The van der Waals surface area contributed by atoms with E-state index in [2.05, 4.69) is 34.2 Å². The van der Waals surface area contributed by atoms with Gasteiger partial charge in [-0.25, -0.2) is 14.6 Å². The summed E-state index contributed by atoms with van der Waals surface area (Å²) in [5, 5.41) is 7.36. The Morgan fingerprint density at radius 2 is 1.91 bits per heavy atom. The van der Waals surface area contributed by atoms with Gasteiger partial charge in [-0.3, -0.25) is 4.79 Å². The van der Waals surface area contributed by atoms with Crippen molar-refractivity contribution in [2.24, 2.45) is 0 Å². The van der Waals surface area contributed by atoms with E-state index in [0.717, 1.165) is 29.9 Å². The summed E-state index contributed by atoms with van der Waals surface area (Å²) in [5.41, 5.74) is 2.10. The SMILES string of the molecule is CCC(CC)n1ncc(C)c1NC(=O)c1cc(C)nc(C)n1. The first-order valence-electron chi connectivity index (χ1n) is 7.64. The minimum Gasteiger partial charge on any atom is -0.305 e. The van der Waals surface area contributed by atoms with Crippen molar-refractivity contribution in [1.82, 2.24) is 19.7 Å². The minimum absolute atomic E-state index is 0.232. The number of aryl methyl sites for hydroxylation is 3. The number of nitrogens with one attached hydrogen (secondary N) is 1. The summed E-state index contributed by atoms with van der Waals surface area (Å²) < 4.78 is 1.90. The molecule has 0 fully saturated rings. The molecule has 0 aliphatic rings. The molecular weight excluding hydrogens is 278 g/mol. The summed E-state index contributed by atoms with van der Waals surface area (Å²) in [4.78, 5) is 20.9. The monoisotopic (exact) mass is 301 g/mol. The van der Waals surface area contributed by atoms with E-state index in [4.69, 9.17) is 0 Å². The number of carbonyl (C=O) groups excluding carboxylic acids is 1. The lowest BCUT2D eigenvalue weighted by atomic mass is 10.2. The smallest absolute Gasteiger partial charge is 0.275 e. The molecule has 1 N–H and O–H groups in total. The molecule has 0 saturated carbocycles. The van der Waals surface area contributed by atoms with Gasteiger partial charge in [-0.1, -0.05) is 13.8 Å². The fourth-order valence-corrected chi connectivity index (χ4v) is 2.52. The zero-order valence-electron chi connectivity index (χ0n) is 13.8. The Morgan fingerprint density at radius 3 is 2.50 bits per heavy atom. The van der Waals surface area contributed by atoms with Gasteiger partial charge in [-0.2, -0.15) is 5.10 Å². The van der Waals surface area contributed by atoms with Crippen LogP contribution in [0.15, 0.2) is 12.3 Å². The summed E-state index contributed by atoms with van der Waals surface area (Å²) >= 11 is 0. The van der Waals surface area contributed by atoms with E-state index in [0.29, 0.717) is 11.5 Å². The van der Waals surface area contributed by atoms with Gasteiger partial charge in [0.1, 0.15) is 17.3 Å². The highest BCUT2D eigenvalue weighted by Crippen LogP contribution is 2.24. The molecule has 0 aliphatic carbocycles. The van der Waals surface area contributed by atoms with E-state index in [9.17, 15) is 4.79 Å². The zero-order valence-corrected chi connectivity index (χ0v) is 13.8. The second kappa shape index (κ2) is 6.68. The third-order valence-electron chi connectivity index (χ3n) is 3.70. The molecule has 0 unspecified atom stereocenters. The fourth-order valence-electron chi connectivity index (χ4n) is 2.52. The van der Waals surface area contributed by atoms with Crippen LogP contribution in [0.2, 0.25) is 0 Å². The predicted molar refractivity (Wildman–Crippen MR) is 86.0 cm³/mol. The van der Waals surface area contributed by atoms with Gasteiger partial charge in [0.2, 0.25) is 0 Å². The van der Waals surface area contributed by atoms with E-state index in [1.54, 1.807) is 19.2 Å². The van der Waals surface area contributed by atoms with Crippen molar-refractivity contribution >= 4 is 11.7 Å². The molecule has 2 aromatic rings. The summed E-state index contributed by atoms with van der Waals surface area (Å²) in [7, 11) is 0. The Morgan fingerprint density at radius 1 is 1.23 bits per heavy atom. The van der Waals surface area contributed by atoms with Crippen LogP contribution in [0.3, 0.4) is 0 Å². The highest BCUT2D eigenvalue weighted by atomic mass is 16.2. The summed E-state index contributed by atoms with van der Waals surface area (Å²) in [6.45, 7) is 9.81. The molecule has 6 heteroatoms.